The lowest BCUT2D eigenvalue weighted by Crippen LogP contribution is -2.28. The second-order valence-corrected chi connectivity index (χ2v) is 6.64. The third-order valence-electron chi connectivity index (χ3n) is 3.76. The molecule has 0 saturated carbocycles. The first-order valence-corrected chi connectivity index (χ1v) is 8.86. The molecule has 25 heavy (non-hydrogen) atoms. The van der Waals surface area contributed by atoms with Crippen molar-refractivity contribution in [2.75, 3.05) is 5.75 Å². The largest absolute Gasteiger partial charge is 0.349 e. The molecule has 1 aromatic heterocycles. The maximum atomic E-state index is 12.9. The molecule has 3 aromatic rings. The van der Waals surface area contributed by atoms with Gasteiger partial charge in [-0.05, 0) is 48.9 Å². The zero-order valence-electron chi connectivity index (χ0n) is 13.7. The van der Waals surface area contributed by atoms with Crippen molar-refractivity contribution >= 4 is 17.7 Å². The van der Waals surface area contributed by atoms with Gasteiger partial charge in [-0.1, -0.05) is 12.1 Å². The summed E-state index contributed by atoms with van der Waals surface area (Å²) in [5.74, 6) is -0.0367. The molecule has 2 aromatic carbocycles. The first-order chi connectivity index (χ1) is 12.1. The van der Waals surface area contributed by atoms with Crippen molar-refractivity contribution < 1.29 is 9.18 Å². The Morgan fingerprint density at radius 2 is 1.92 bits per heavy atom. The summed E-state index contributed by atoms with van der Waals surface area (Å²) >= 11 is 1.39. The quantitative estimate of drug-likeness (QED) is 0.680. The molecule has 0 spiro atoms. The molecule has 0 aliphatic heterocycles. The number of carbonyl (C=O) groups excluding carboxylic acids is 1. The predicted octanol–water partition coefficient (Wildman–Crippen LogP) is 3.98. The maximum absolute atomic E-state index is 12.9. The Hall–Kier alpha value is -2.60. The number of nitrogens with zero attached hydrogens (tertiary/aromatic N) is 2. The van der Waals surface area contributed by atoms with Crippen LogP contribution in [0.25, 0.3) is 5.69 Å². The topological polar surface area (TPSA) is 46.9 Å². The second-order valence-electron chi connectivity index (χ2n) is 5.59. The number of imidazole rings is 1. The molecule has 0 aliphatic rings. The fraction of sp³-hybridized carbons (Fsp3) is 0.158. The molecule has 1 N–H and O–H groups in total. The highest BCUT2D eigenvalue weighted by Gasteiger charge is 2.10. The first-order valence-electron chi connectivity index (χ1n) is 7.88. The monoisotopic (exact) mass is 355 g/mol. The van der Waals surface area contributed by atoms with E-state index < -0.39 is 0 Å². The Morgan fingerprint density at radius 3 is 2.56 bits per heavy atom. The number of halogens is 1. The van der Waals surface area contributed by atoms with Gasteiger partial charge in [0.05, 0.1) is 18.1 Å². The number of benzene rings is 2. The van der Waals surface area contributed by atoms with Crippen LogP contribution in [0, 0.1) is 5.82 Å². The fourth-order valence-corrected chi connectivity index (χ4v) is 3.10. The number of amides is 1. The van der Waals surface area contributed by atoms with Crippen LogP contribution in [0.3, 0.4) is 0 Å². The van der Waals surface area contributed by atoms with Gasteiger partial charge >= 0.3 is 0 Å². The van der Waals surface area contributed by atoms with Gasteiger partial charge in [-0.15, -0.1) is 11.8 Å². The van der Waals surface area contributed by atoms with E-state index in [0.717, 1.165) is 16.1 Å². The van der Waals surface area contributed by atoms with E-state index in [1.54, 1.807) is 24.7 Å². The normalized spacial score (nSPS) is 11.9. The number of carbonyl (C=O) groups is 1. The number of hydrogen-bond donors (Lipinski definition) is 1. The summed E-state index contributed by atoms with van der Waals surface area (Å²) in [5.41, 5.74) is 2.05. The van der Waals surface area contributed by atoms with Gasteiger partial charge in [0.15, 0.2) is 0 Å². The smallest absolute Gasteiger partial charge is 0.230 e. The standard InChI is InChI=1S/C19H18FN3OS/c1-14(15-2-6-17(7-3-15)23-11-10-21-13-23)22-19(24)12-25-18-8-4-16(20)5-9-18/h2-11,13-14H,12H2,1H3,(H,22,24). The molecule has 0 radical (unpaired) electrons. The second kappa shape index (κ2) is 7.98. The van der Waals surface area contributed by atoms with Crippen molar-refractivity contribution in [2.45, 2.75) is 17.9 Å². The van der Waals surface area contributed by atoms with Crippen LogP contribution in [0.5, 0.6) is 0 Å². The lowest BCUT2D eigenvalue weighted by Gasteiger charge is -2.15. The van der Waals surface area contributed by atoms with Crippen LogP contribution < -0.4 is 5.32 Å². The van der Waals surface area contributed by atoms with Crippen molar-refractivity contribution in [3.63, 3.8) is 0 Å². The lowest BCUT2D eigenvalue weighted by atomic mass is 10.1. The fourth-order valence-electron chi connectivity index (χ4n) is 2.39. The van der Waals surface area contributed by atoms with E-state index in [9.17, 15) is 9.18 Å². The van der Waals surface area contributed by atoms with Gasteiger partial charge in [-0.25, -0.2) is 9.37 Å². The van der Waals surface area contributed by atoms with E-state index in [4.69, 9.17) is 0 Å². The van der Waals surface area contributed by atoms with Gasteiger partial charge in [0.25, 0.3) is 0 Å². The molecule has 0 aliphatic carbocycles. The van der Waals surface area contributed by atoms with Gasteiger partial charge in [-0.2, -0.15) is 0 Å². The van der Waals surface area contributed by atoms with Crippen LogP contribution in [-0.2, 0) is 4.79 Å². The molecule has 1 amide bonds. The minimum atomic E-state index is -0.276. The highest BCUT2D eigenvalue weighted by Crippen LogP contribution is 2.19. The molecule has 4 nitrogen and oxygen atoms in total. The molecular formula is C19H18FN3OS. The van der Waals surface area contributed by atoms with Crippen LogP contribution >= 0.6 is 11.8 Å². The minimum Gasteiger partial charge on any atom is -0.349 e. The van der Waals surface area contributed by atoms with E-state index in [2.05, 4.69) is 10.3 Å². The number of hydrogen-bond acceptors (Lipinski definition) is 3. The van der Waals surface area contributed by atoms with Crippen molar-refractivity contribution in [3.05, 3.63) is 78.6 Å². The van der Waals surface area contributed by atoms with Gasteiger partial charge in [0.1, 0.15) is 5.82 Å². The summed E-state index contributed by atoms with van der Waals surface area (Å²) in [6.45, 7) is 1.95. The number of thioether (sulfide) groups is 1. The van der Waals surface area contributed by atoms with Gasteiger partial charge in [-0.3, -0.25) is 4.79 Å². The van der Waals surface area contributed by atoms with E-state index in [1.165, 1.54) is 23.9 Å². The molecule has 0 saturated heterocycles. The summed E-state index contributed by atoms with van der Waals surface area (Å²) in [6.07, 6.45) is 5.36. The molecular weight excluding hydrogens is 337 g/mol. The Morgan fingerprint density at radius 1 is 1.20 bits per heavy atom. The highest BCUT2D eigenvalue weighted by atomic mass is 32.2. The summed E-state index contributed by atoms with van der Waals surface area (Å²) in [6, 6.07) is 14.0. The summed E-state index contributed by atoms with van der Waals surface area (Å²) in [5, 5.41) is 2.98. The minimum absolute atomic E-state index is 0.0551. The van der Waals surface area contributed by atoms with Gasteiger partial charge < -0.3 is 9.88 Å². The van der Waals surface area contributed by atoms with Crippen LogP contribution in [0.1, 0.15) is 18.5 Å². The molecule has 0 bridgehead atoms. The van der Waals surface area contributed by atoms with Crippen LogP contribution in [0.15, 0.2) is 72.1 Å². The highest BCUT2D eigenvalue weighted by molar-refractivity contribution is 8.00. The molecule has 128 valence electrons. The molecule has 1 heterocycles. The number of rotatable bonds is 6. The summed E-state index contributed by atoms with van der Waals surface area (Å²) in [7, 11) is 0. The SMILES string of the molecule is CC(NC(=O)CSc1ccc(F)cc1)c1ccc(-n2ccnc2)cc1. The van der Waals surface area contributed by atoms with Crippen molar-refractivity contribution in [1.82, 2.24) is 14.9 Å². The Bertz CT molecular complexity index is 817. The molecule has 6 heteroatoms. The van der Waals surface area contributed by atoms with Gasteiger partial charge in [0, 0.05) is 23.0 Å². The Labute approximate surface area is 150 Å². The average molecular weight is 355 g/mol. The summed E-state index contributed by atoms with van der Waals surface area (Å²) in [4.78, 5) is 17.0. The molecule has 3 rings (SSSR count). The Kier molecular flexibility index (Phi) is 5.50. The average Bonchev–Trinajstić information content (AvgIpc) is 3.16. The number of aromatic nitrogens is 2. The van der Waals surface area contributed by atoms with Crippen LogP contribution in [-0.4, -0.2) is 21.2 Å². The molecule has 1 atom stereocenters. The van der Waals surface area contributed by atoms with Crippen LogP contribution in [0.4, 0.5) is 4.39 Å². The van der Waals surface area contributed by atoms with Crippen molar-refractivity contribution in [1.29, 1.82) is 0 Å². The number of nitrogens with one attached hydrogen (secondary N) is 1. The molecule has 0 fully saturated rings. The Balaban J connectivity index is 1.53. The molecule has 1 unspecified atom stereocenters. The maximum Gasteiger partial charge on any atom is 0.230 e. The predicted molar refractivity (Wildman–Crippen MR) is 97.2 cm³/mol. The van der Waals surface area contributed by atoms with E-state index in [-0.39, 0.29) is 17.8 Å². The third-order valence-corrected chi connectivity index (χ3v) is 4.77. The van der Waals surface area contributed by atoms with Crippen molar-refractivity contribution in [2.24, 2.45) is 0 Å². The summed E-state index contributed by atoms with van der Waals surface area (Å²) < 4.78 is 14.8. The zero-order chi connectivity index (χ0) is 17.6. The van der Waals surface area contributed by atoms with E-state index in [1.807, 2.05) is 42.0 Å². The van der Waals surface area contributed by atoms with Crippen molar-refractivity contribution in [3.8, 4) is 5.69 Å². The van der Waals surface area contributed by atoms with E-state index in [0.29, 0.717) is 5.75 Å². The van der Waals surface area contributed by atoms with E-state index >= 15 is 0 Å². The van der Waals surface area contributed by atoms with Gasteiger partial charge in [0.2, 0.25) is 5.91 Å². The third kappa shape index (κ3) is 4.70. The lowest BCUT2D eigenvalue weighted by molar-refractivity contribution is -0.119. The first kappa shape index (κ1) is 17.2. The zero-order valence-corrected chi connectivity index (χ0v) is 14.5. The van der Waals surface area contributed by atoms with Crippen LogP contribution in [0.2, 0.25) is 0 Å².